The van der Waals surface area contributed by atoms with Gasteiger partial charge in [-0.2, -0.15) is 0 Å². The Morgan fingerprint density at radius 1 is 0.971 bits per heavy atom. The number of anilines is 1. The second-order valence-corrected chi connectivity index (χ2v) is 8.56. The molecule has 0 aliphatic carbocycles. The molecule has 7 nitrogen and oxygen atoms in total. The number of ether oxygens (including phenoxy) is 3. The standard InChI is InChI=1S/C28H30N2O5/c1-17-9-8-12-22(18(17)2)29-26(31)15-23(30-16-19-10-6-7-11-21(19)28(30)32)20-13-24(33-3)27(35-5)25(14-20)34-4/h6-14,23H,15-16H2,1-5H3,(H,29,31)/t23-/m0/s1. The molecular weight excluding hydrogens is 444 g/mol. The molecule has 0 fully saturated rings. The van der Waals surface area contributed by atoms with Gasteiger partial charge in [-0.25, -0.2) is 0 Å². The Morgan fingerprint density at radius 2 is 1.66 bits per heavy atom. The zero-order valence-electron chi connectivity index (χ0n) is 20.7. The van der Waals surface area contributed by atoms with E-state index in [1.54, 1.807) is 31.3 Å². The summed E-state index contributed by atoms with van der Waals surface area (Å²) in [5, 5.41) is 3.03. The van der Waals surface area contributed by atoms with Crippen LogP contribution in [0.1, 0.15) is 45.1 Å². The maximum absolute atomic E-state index is 13.4. The number of nitrogens with one attached hydrogen (secondary N) is 1. The summed E-state index contributed by atoms with van der Waals surface area (Å²) in [6.45, 7) is 4.39. The molecule has 0 saturated heterocycles. The summed E-state index contributed by atoms with van der Waals surface area (Å²) in [6.07, 6.45) is 0.0613. The Bertz CT molecular complexity index is 1240. The van der Waals surface area contributed by atoms with Gasteiger partial charge in [-0.05, 0) is 60.4 Å². The van der Waals surface area contributed by atoms with Gasteiger partial charge in [0.1, 0.15) is 0 Å². The highest BCUT2D eigenvalue weighted by atomic mass is 16.5. The summed E-state index contributed by atoms with van der Waals surface area (Å²) in [4.78, 5) is 28.4. The van der Waals surface area contributed by atoms with Gasteiger partial charge in [-0.1, -0.05) is 30.3 Å². The molecule has 1 atom stereocenters. The minimum atomic E-state index is -0.547. The zero-order chi connectivity index (χ0) is 25.1. The lowest BCUT2D eigenvalue weighted by molar-refractivity contribution is -0.117. The Hall–Kier alpha value is -4.00. The second-order valence-electron chi connectivity index (χ2n) is 8.56. The van der Waals surface area contributed by atoms with Gasteiger partial charge in [0.2, 0.25) is 11.7 Å². The van der Waals surface area contributed by atoms with Gasteiger partial charge in [0.05, 0.1) is 33.8 Å². The van der Waals surface area contributed by atoms with Crippen molar-refractivity contribution in [2.75, 3.05) is 26.6 Å². The van der Waals surface area contributed by atoms with E-state index in [4.69, 9.17) is 14.2 Å². The van der Waals surface area contributed by atoms with Crippen molar-refractivity contribution in [1.82, 2.24) is 4.90 Å². The van der Waals surface area contributed by atoms with Crippen molar-refractivity contribution in [1.29, 1.82) is 0 Å². The van der Waals surface area contributed by atoms with E-state index in [-0.39, 0.29) is 18.2 Å². The number of benzene rings is 3. The molecule has 0 radical (unpaired) electrons. The van der Waals surface area contributed by atoms with Gasteiger partial charge in [0, 0.05) is 17.8 Å². The molecule has 1 aliphatic heterocycles. The predicted molar refractivity (Wildman–Crippen MR) is 134 cm³/mol. The molecule has 2 amide bonds. The zero-order valence-corrected chi connectivity index (χ0v) is 20.7. The highest BCUT2D eigenvalue weighted by Crippen LogP contribution is 2.43. The van der Waals surface area contributed by atoms with E-state index in [0.717, 1.165) is 27.9 Å². The predicted octanol–water partition coefficient (Wildman–Crippen LogP) is 5.06. The van der Waals surface area contributed by atoms with Crippen molar-refractivity contribution in [2.24, 2.45) is 0 Å². The molecule has 182 valence electrons. The van der Waals surface area contributed by atoms with Crippen LogP contribution in [0.2, 0.25) is 0 Å². The Kier molecular flexibility index (Phi) is 6.96. The molecule has 1 N–H and O–H groups in total. The average molecular weight is 475 g/mol. The molecule has 0 bridgehead atoms. The fourth-order valence-electron chi connectivity index (χ4n) is 4.49. The maximum Gasteiger partial charge on any atom is 0.255 e. The summed E-state index contributed by atoms with van der Waals surface area (Å²) in [6, 6.07) is 16.4. The Labute approximate surface area is 205 Å². The van der Waals surface area contributed by atoms with Crippen LogP contribution in [0.3, 0.4) is 0 Å². The summed E-state index contributed by atoms with van der Waals surface area (Å²) >= 11 is 0. The van der Waals surface area contributed by atoms with Crippen molar-refractivity contribution in [3.8, 4) is 17.2 Å². The second kappa shape index (κ2) is 10.1. The van der Waals surface area contributed by atoms with Gasteiger partial charge in [-0.3, -0.25) is 9.59 Å². The monoisotopic (exact) mass is 474 g/mol. The number of aryl methyl sites for hydroxylation is 1. The number of carbonyl (C=O) groups excluding carboxylic acids is 2. The highest BCUT2D eigenvalue weighted by Gasteiger charge is 2.35. The van der Waals surface area contributed by atoms with Gasteiger partial charge in [-0.15, -0.1) is 0 Å². The number of carbonyl (C=O) groups is 2. The first-order valence-electron chi connectivity index (χ1n) is 11.4. The summed E-state index contributed by atoms with van der Waals surface area (Å²) < 4.78 is 16.5. The van der Waals surface area contributed by atoms with Crippen LogP contribution in [0, 0.1) is 13.8 Å². The van der Waals surface area contributed by atoms with E-state index < -0.39 is 6.04 Å². The largest absolute Gasteiger partial charge is 0.493 e. The third kappa shape index (κ3) is 4.67. The molecule has 1 aliphatic rings. The molecule has 7 heteroatoms. The van der Waals surface area contributed by atoms with Crippen molar-refractivity contribution in [3.05, 3.63) is 82.4 Å². The van der Waals surface area contributed by atoms with Crippen molar-refractivity contribution in [3.63, 3.8) is 0 Å². The summed E-state index contributed by atoms with van der Waals surface area (Å²) in [5.41, 5.74) is 5.17. The third-order valence-electron chi connectivity index (χ3n) is 6.55. The van der Waals surface area contributed by atoms with E-state index in [9.17, 15) is 9.59 Å². The van der Waals surface area contributed by atoms with Gasteiger partial charge < -0.3 is 24.4 Å². The molecule has 0 aromatic heterocycles. The first-order valence-corrected chi connectivity index (χ1v) is 11.4. The molecule has 0 saturated carbocycles. The Balaban J connectivity index is 1.73. The molecule has 1 heterocycles. The number of rotatable bonds is 8. The number of fused-ring (bicyclic) bond motifs is 1. The quantitative estimate of drug-likeness (QED) is 0.494. The average Bonchev–Trinajstić information content (AvgIpc) is 3.20. The van der Waals surface area contributed by atoms with E-state index in [2.05, 4.69) is 5.32 Å². The number of hydrogen-bond donors (Lipinski definition) is 1. The van der Waals surface area contributed by atoms with Crippen LogP contribution in [-0.4, -0.2) is 38.0 Å². The first-order chi connectivity index (χ1) is 16.9. The smallest absolute Gasteiger partial charge is 0.255 e. The van der Waals surface area contributed by atoms with E-state index in [1.807, 2.05) is 56.3 Å². The minimum absolute atomic E-state index is 0.0613. The molecule has 0 unspecified atom stereocenters. The topological polar surface area (TPSA) is 77.1 Å². The normalized spacial score (nSPS) is 13.3. The van der Waals surface area contributed by atoms with E-state index >= 15 is 0 Å². The molecule has 0 spiro atoms. The lowest BCUT2D eigenvalue weighted by Crippen LogP contribution is -2.32. The highest BCUT2D eigenvalue weighted by molar-refractivity contribution is 5.99. The van der Waals surface area contributed by atoms with Crippen molar-refractivity contribution in [2.45, 2.75) is 32.9 Å². The number of methoxy groups -OCH3 is 3. The molecule has 3 aromatic rings. The van der Waals surface area contributed by atoms with Crippen LogP contribution in [0.25, 0.3) is 0 Å². The molecule has 35 heavy (non-hydrogen) atoms. The lowest BCUT2D eigenvalue weighted by atomic mass is 9.99. The van der Waals surface area contributed by atoms with Crippen molar-refractivity contribution >= 4 is 17.5 Å². The minimum Gasteiger partial charge on any atom is -0.493 e. The molecule has 3 aromatic carbocycles. The van der Waals surface area contributed by atoms with E-state index in [1.165, 1.54) is 7.11 Å². The van der Waals surface area contributed by atoms with Gasteiger partial charge >= 0.3 is 0 Å². The van der Waals surface area contributed by atoms with Crippen LogP contribution in [0.4, 0.5) is 5.69 Å². The fourth-order valence-corrected chi connectivity index (χ4v) is 4.49. The van der Waals surface area contributed by atoms with Crippen LogP contribution >= 0.6 is 0 Å². The first kappa shape index (κ1) is 24.1. The molecule has 4 rings (SSSR count). The number of nitrogens with zero attached hydrogens (tertiary/aromatic N) is 1. The van der Waals surface area contributed by atoms with Crippen LogP contribution in [0.5, 0.6) is 17.2 Å². The lowest BCUT2D eigenvalue weighted by Gasteiger charge is -2.29. The van der Waals surface area contributed by atoms with Crippen molar-refractivity contribution < 1.29 is 23.8 Å². The van der Waals surface area contributed by atoms with Gasteiger partial charge in [0.25, 0.3) is 5.91 Å². The van der Waals surface area contributed by atoms with Gasteiger partial charge in [0.15, 0.2) is 11.5 Å². The summed E-state index contributed by atoms with van der Waals surface area (Å²) in [7, 11) is 4.62. The number of hydrogen-bond acceptors (Lipinski definition) is 5. The SMILES string of the molecule is COc1cc([C@H](CC(=O)Nc2cccc(C)c2C)N2Cc3ccccc3C2=O)cc(OC)c1OC. The van der Waals surface area contributed by atoms with Crippen LogP contribution in [-0.2, 0) is 11.3 Å². The number of amides is 2. The molecular formula is C28H30N2O5. The third-order valence-corrected chi connectivity index (χ3v) is 6.55. The fraction of sp³-hybridized carbons (Fsp3) is 0.286. The summed E-state index contributed by atoms with van der Waals surface area (Å²) in [5.74, 6) is 1.07. The van der Waals surface area contributed by atoms with Crippen LogP contribution in [0.15, 0.2) is 54.6 Å². The van der Waals surface area contributed by atoms with Crippen LogP contribution < -0.4 is 19.5 Å². The Morgan fingerprint density at radius 3 is 2.29 bits per heavy atom. The maximum atomic E-state index is 13.4. The van der Waals surface area contributed by atoms with E-state index in [0.29, 0.717) is 29.4 Å².